The molecule has 0 spiro atoms. The minimum Gasteiger partial charge on any atom is -0.347 e. The van der Waals surface area contributed by atoms with Crippen LogP contribution in [0, 0.1) is 0 Å². The van der Waals surface area contributed by atoms with E-state index in [4.69, 9.17) is 24.4 Å². The molecule has 0 unspecified atom stereocenters. The Hall–Kier alpha value is 0.130. The highest BCUT2D eigenvalue weighted by Crippen LogP contribution is 2.38. The summed E-state index contributed by atoms with van der Waals surface area (Å²) in [5, 5.41) is 0. The first-order valence-corrected chi connectivity index (χ1v) is 12.0. The van der Waals surface area contributed by atoms with Gasteiger partial charge in [0, 0.05) is 22.2 Å². The number of nitrogens with zero attached hydrogens (tertiary/aromatic N) is 2. The molecule has 0 heterocycles. The Morgan fingerprint density at radius 2 is 0.741 bits per heavy atom. The summed E-state index contributed by atoms with van der Waals surface area (Å²) in [6.45, 7) is 27.2. The van der Waals surface area contributed by atoms with Crippen LogP contribution < -0.4 is 0 Å². The van der Waals surface area contributed by atoms with E-state index in [0.717, 1.165) is 34.3 Å². The van der Waals surface area contributed by atoms with E-state index < -0.39 is 0 Å². The van der Waals surface area contributed by atoms with Gasteiger partial charge in [-0.15, -0.1) is 0 Å². The summed E-state index contributed by atoms with van der Waals surface area (Å²) in [5.41, 5.74) is -0.0374. The summed E-state index contributed by atoms with van der Waals surface area (Å²) in [6, 6.07) is 0. The quantitative estimate of drug-likeness (QED) is 0.362. The van der Waals surface area contributed by atoms with Crippen LogP contribution in [0.4, 0.5) is 0 Å². The van der Waals surface area contributed by atoms with Crippen LogP contribution in [0.5, 0.6) is 0 Å². The fraction of sp³-hybridized carbons (Fsp3) is 0.909. The van der Waals surface area contributed by atoms with Crippen molar-refractivity contribution in [2.75, 3.05) is 0 Å². The average Bonchev–Trinajstić information content (AvgIpc) is 2.53. The summed E-state index contributed by atoms with van der Waals surface area (Å²) in [6.07, 6.45) is 4.14. The second-order valence-electron chi connectivity index (χ2n) is 9.97. The standard InChI is InChI=1S/C22H44N2S3/c1-13-19(5,6)23(20(7,8)14-2)17(25)27-18(26)24(21(9,10)15-3)22(11,12)16-4/h13-16H2,1-12H3. The van der Waals surface area contributed by atoms with Gasteiger partial charge in [0.05, 0.1) is 0 Å². The van der Waals surface area contributed by atoms with E-state index in [1.807, 2.05) is 0 Å². The molecular weight excluding hydrogens is 388 g/mol. The molecule has 0 saturated heterocycles. The zero-order chi connectivity index (χ0) is 21.8. The number of hydrogen-bond acceptors (Lipinski definition) is 3. The van der Waals surface area contributed by atoms with Crippen molar-refractivity contribution in [2.45, 2.75) is 131 Å². The molecule has 0 amide bonds. The first kappa shape index (κ1) is 27.1. The average molecular weight is 433 g/mol. The van der Waals surface area contributed by atoms with Gasteiger partial charge in [-0.25, -0.2) is 0 Å². The Balaban J connectivity index is 5.93. The van der Waals surface area contributed by atoms with Crippen molar-refractivity contribution in [1.82, 2.24) is 9.80 Å². The van der Waals surface area contributed by atoms with Gasteiger partial charge in [0.15, 0.2) is 0 Å². The largest absolute Gasteiger partial charge is 0.347 e. The van der Waals surface area contributed by atoms with Crippen molar-refractivity contribution < 1.29 is 0 Å². The first-order valence-electron chi connectivity index (χ1n) is 10.4. The van der Waals surface area contributed by atoms with Crippen LogP contribution in [-0.4, -0.2) is 40.6 Å². The molecular formula is C22H44N2S3. The van der Waals surface area contributed by atoms with Gasteiger partial charge in [-0.2, -0.15) is 0 Å². The molecule has 0 N–H and O–H groups in total. The smallest absolute Gasteiger partial charge is 0.144 e. The molecule has 0 saturated carbocycles. The van der Waals surface area contributed by atoms with E-state index >= 15 is 0 Å². The molecule has 5 heteroatoms. The minimum absolute atomic E-state index is 0.00934. The SMILES string of the molecule is CCC(C)(C)N(C(=S)SC(=S)N(C(C)(C)CC)C(C)(C)CC)C(C)(C)CC. The monoisotopic (exact) mass is 432 g/mol. The van der Waals surface area contributed by atoms with Crippen LogP contribution in [0.25, 0.3) is 0 Å². The van der Waals surface area contributed by atoms with Crippen molar-refractivity contribution in [3.8, 4) is 0 Å². The molecule has 0 aromatic heterocycles. The number of thioether (sulfide) groups is 1. The summed E-state index contributed by atoms with van der Waals surface area (Å²) in [4.78, 5) is 4.84. The van der Waals surface area contributed by atoms with Crippen LogP contribution in [0.15, 0.2) is 0 Å². The molecule has 0 aromatic rings. The minimum atomic E-state index is -0.00934. The number of hydrogen-bond donors (Lipinski definition) is 0. The number of thiocarbonyl (C=S) groups is 2. The van der Waals surface area contributed by atoms with E-state index in [9.17, 15) is 0 Å². The molecule has 27 heavy (non-hydrogen) atoms. The van der Waals surface area contributed by atoms with Gasteiger partial charge in [0.1, 0.15) is 8.64 Å². The van der Waals surface area contributed by atoms with Gasteiger partial charge >= 0.3 is 0 Å². The lowest BCUT2D eigenvalue weighted by Crippen LogP contribution is -2.59. The van der Waals surface area contributed by atoms with Crippen molar-refractivity contribution in [3.63, 3.8) is 0 Å². The highest BCUT2D eigenvalue weighted by atomic mass is 32.2. The zero-order valence-electron chi connectivity index (χ0n) is 19.9. The maximum Gasteiger partial charge on any atom is 0.144 e. The van der Waals surface area contributed by atoms with Crippen molar-refractivity contribution in [1.29, 1.82) is 0 Å². The maximum atomic E-state index is 5.99. The Morgan fingerprint density at radius 1 is 0.556 bits per heavy atom. The van der Waals surface area contributed by atoms with Crippen LogP contribution in [0.2, 0.25) is 0 Å². The van der Waals surface area contributed by atoms with Gasteiger partial charge in [0.2, 0.25) is 0 Å². The van der Waals surface area contributed by atoms with Crippen molar-refractivity contribution in [2.24, 2.45) is 0 Å². The molecule has 0 aromatic carbocycles. The lowest BCUT2D eigenvalue weighted by molar-refractivity contribution is 0.0941. The predicted molar refractivity (Wildman–Crippen MR) is 134 cm³/mol. The second kappa shape index (κ2) is 9.75. The molecule has 0 bridgehead atoms. The van der Waals surface area contributed by atoms with Crippen molar-refractivity contribution >= 4 is 44.8 Å². The van der Waals surface area contributed by atoms with E-state index in [2.05, 4.69) is 92.9 Å². The van der Waals surface area contributed by atoms with E-state index in [-0.39, 0.29) is 22.2 Å². The third kappa shape index (κ3) is 6.57. The van der Waals surface area contributed by atoms with Gasteiger partial charge in [-0.3, -0.25) is 0 Å². The first-order chi connectivity index (χ1) is 12.0. The molecule has 0 atom stereocenters. The van der Waals surface area contributed by atoms with Gasteiger partial charge in [-0.1, -0.05) is 52.1 Å². The fourth-order valence-electron chi connectivity index (χ4n) is 3.43. The van der Waals surface area contributed by atoms with E-state index in [0.29, 0.717) is 0 Å². The van der Waals surface area contributed by atoms with Gasteiger partial charge in [-0.05, 0) is 92.8 Å². The molecule has 0 aliphatic rings. The third-order valence-electron chi connectivity index (χ3n) is 6.42. The lowest BCUT2D eigenvalue weighted by Gasteiger charge is -2.52. The van der Waals surface area contributed by atoms with Crippen LogP contribution in [0.3, 0.4) is 0 Å². The molecule has 160 valence electrons. The molecule has 0 rings (SSSR count). The highest BCUT2D eigenvalue weighted by Gasteiger charge is 2.41. The van der Waals surface area contributed by atoms with Crippen LogP contribution >= 0.6 is 36.2 Å². The third-order valence-corrected chi connectivity index (χ3v) is 8.00. The summed E-state index contributed by atoms with van der Waals surface area (Å²) < 4.78 is 1.78. The van der Waals surface area contributed by atoms with Crippen LogP contribution in [0.1, 0.15) is 109 Å². The normalized spacial score (nSPS) is 13.5. The van der Waals surface area contributed by atoms with Crippen LogP contribution in [-0.2, 0) is 0 Å². The predicted octanol–water partition coefficient (Wildman–Crippen LogP) is 7.65. The van der Waals surface area contributed by atoms with Gasteiger partial charge in [0.25, 0.3) is 0 Å². The zero-order valence-corrected chi connectivity index (χ0v) is 22.4. The topological polar surface area (TPSA) is 6.48 Å². The van der Waals surface area contributed by atoms with E-state index in [1.165, 1.54) is 0 Å². The summed E-state index contributed by atoms with van der Waals surface area (Å²) in [7, 11) is 0. The lowest BCUT2D eigenvalue weighted by atomic mass is 9.90. The maximum absolute atomic E-state index is 5.99. The Kier molecular flexibility index (Phi) is 9.80. The second-order valence-corrected chi connectivity index (χ2v) is 12.2. The highest BCUT2D eigenvalue weighted by molar-refractivity contribution is 8.37. The molecule has 0 aliphatic heterocycles. The molecule has 0 aliphatic carbocycles. The Bertz CT molecular complexity index is 444. The van der Waals surface area contributed by atoms with E-state index in [1.54, 1.807) is 11.8 Å². The van der Waals surface area contributed by atoms with Gasteiger partial charge < -0.3 is 9.80 Å². The van der Waals surface area contributed by atoms with Crippen molar-refractivity contribution in [3.05, 3.63) is 0 Å². The summed E-state index contributed by atoms with van der Waals surface area (Å²) in [5.74, 6) is 0. The molecule has 2 nitrogen and oxygen atoms in total. The fourth-order valence-corrected chi connectivity index (χ4v) is 6.37. The summed E-state index contributed by atoms with van der Waals surface area (Å²) >= 11 is 13.6. The Labute approximate surface area is 185 Å². The Morgan fingerprint density at radius 3 is 0.889 bits per heavy atom. The number of rotatable bonds is 8. The molecule has 0 radical (unpaired) electrons. The molecule has 0 fully saturated rings.